The van der Waals surface area contributed by atoms with Crippen molar-refractivity contribution in [2.75, 3.05) is 19.6 Å². The highest BCUT2D eigenvalue weighted by Gasteiger charge is 2.43. The summed E-state index contributed by atoms with van der Waals surface area (Å²) < 4.78 is 0. The van der Waals surface area contributed by atoms with Gasteiger partial charge in [0, 0.05) is 38.7 Å². The lowest BCUT2D eigenvalue weighted by Crippen LogP contribution is -2.53. The molecule has 1 atom stereocenters. The maximum absolute atomic E-state index is 12.9. The fourth-order valence-corrected chi connectivity index (χ4v) is 4.62. The zero-order chi connectivity index (χ0) is 20.4. The van der Waals surface area contributed by atoms with E-state index in [4.69, 9.17) is 4.84 Å². The molecule has 0 aromatic carbocycles. The summed E-state index contributed by atoms with van der Waals surface area (Å²) in [7, 11) is 0. The topological polar surface area (TPSA) is 75.1 Å². The van der Waals surface area contributed by atoms with Gasteiger partial charge in [0.1, 0.15) is 0 Å². The van der Waals surface area contributed by atoms with Gasteiger partial charge in [-0.05, 0) is 42.7 Å². The fraction of sp³-hybridized carbons (Fsp3) is 0.636. The Kier molecular flexibility index (Phi) is 5.56. The summed E-state index contributed by atoms with van der Waals surface area (Å²) >= 11 is 0. The first-order chi connectivity index (χ1) is 14.0. The second kappa shape index (κ2) is 8.13. The molecule has 0 N–H and O–H groups in total. The van der Waals surface area contributed by atoms with Crippen LogP contribution in [0.25, 0.3) is 0 Å². The van der Waals surface area contributed by atoms with Gasteiger partial charge in [-0.3, -0.25) is 14.6 Å². The number of carbonyl (C=O) groups excluding carboxylic acids is 2. The second-order valence-electron chi connectivity index (χ2n) is 8.93. The predicted octanol–water partition coefficient (Wildman–Crippen LogP) is 2.61. The monoisotopic (exact) mass is 398 g/mol. The van der Waals surface area contributed by atoms with Gasteiger partial charge in [-0.2, -0.15) is 0 Å². The molecule has 0 aliphatic carbocycles. The van der Waals surface area contributed by atoms with E-state index in [1.807, 2.05) is 28.0 Å². The minimum absolute atomic E-state index is 0.0523. The number of piperidine rings is 2. The summed E-state index contributed by atoms with van der Waals surface area (Å²) in [6, 6.07) is 5.81. The maximum atomic E-state index is 12.9. The molecular weight excluding hydrogens is 368 g/mol. The van der Waals surface area contributed by atoms with Crippen molar-refractivity contribution in [3.8, 4) is 0 Å². The Hall–Kier alpha value is -2.44. The van der Waals surface area contributed by atoms with Crippen LogP contribution in [0.4, 0.5) is 0 Å². The second-order valence-corrected chi connectivity index (χ2v) is 8.93. The van der Waals surface area contributed by atoms with E-state index >= 15 is 0 Å². The van der Waals surface area contributed by atoms with Gasteiger partial charge >= 0.3 is 0 Å². The molecule has 0 saturated carbocycles. The lowest BCUT2D eigenvalue weighted by atomic mass is 9.72. The molecule has 29 heavy (non-hydrogen) atoms. The normalized spacial score (nSPS) is 24.0. The van der Waals surface area contributed by atoms with Gasteiger partial charge in [-0.25, -0.2) is 0 Å². The first-order valence-corrected chi connectivity index (χ1v) is 10.6. The van der Waals surface area contributed by atoms with E-state index in [1.165, 1.54) is 0 Å². The Morgan fingerprint density at radius 1 is 1.28 bits per heavy atom. The number of carbonyl (C=O) groups is 2. The molecule has 1 aromatic heterocycles. The lowest BCUT2D eigenvalue weighted by Gasteiger charge is -2.47. The highest BCUT2D eigenvalue weighted by Crippen LogP contribution is 2.41. The van der Waals surface area contributed by atoms with E-state index in [2.05, 4.69) is 24.0 Å². The molecule has 4 heterocycles. The maximum Gasteiger partial charge on any atom is 0.266 e. The lowest BCUT2D eigenvalue weighted by molar-refractivity contribution is -0.148. The molecule has 0 bridgehead atoms. The molecule has 2 amide bonds. The minimum atomic E-state index is -0.463. The zero-order valence-electron chi connectivity index (χ0n) is 17.3. The molecule has 1 spiro atoms. The van der Waals surface area contributed by atoms with Gasteiger partial charge in [0.15, 0.2) is 0 Å². The van der Waals surface area contributed by atoms with Crippen LogP contribution in [0.1, 0.15) is 51.6 Å². The fourth-order valence-electron chi connectivity index (χ4n) is 4.62. The summed E-state index contributed by atoms with van der Waals surface area (Å²) in [6.45, 7) is 6.91. The molecule has 0 radical (unpaired) electrons. The van der Waals surface area contributed by atoms with Crippen molar-refractivity contribution >= 4 is 17.5 Å². The van der Waals surface area contributed by atoms with E-state index in [0.29, 0.717) is 25.3 Å². The molecule has 4 rings (SSSR count). The van der Waals surface area contributed by atoms with Crippen molar-refractivity contribution < 1.29 is 14.4 Å². The Morgan fingerprint density at radius 2 is 2.07 bits per heavy atom. The smallest absolute Gasteiger partial charge is 0.266 e. The van der Waals surface area contributed by atoms with Gasteiger partial charge in [-0.15, -0.1) is 0 Å². The van der Waals surface area contributed by atoms with Crippen molar-refractivity contribution in [3.05, 3.63) is 30.1 Å². The van der Waals surface area contributed by atoms with Gasteiger partial charge in [0.05, 0.1) is 18.0 Å². The molecular formula is C22H30N4O3. The van der Waals surface area contributed by atoms with Crippen LogP contribution in [0.3, 0.4) is 0 Å². The van der Waals surface area contributed by atoms with Crippen LogP contribution in [-0.4, -0.2) is 58.0 Å². The summed E-state index contributed by atoms with van der Waals surface area (Å²) in [4.78, 5) is 39.0. The van der Waals surface area contributed by atoms with E-state index in [1.54, 1.807) is 6.20 Å². The first kappa shape index (κ1) is 19.9. The summed E-state index contributed by atoms with van der Waals surface area (Å²) in [5.41, 5.74) is 1.99. The average molecular weight is 399 g/mol. The SMILES string of the molecule is CC(C)C1=NO[C@H](C(=O)N2CCC3(CCC(=O)N(Cc4ccccn4)C3)CC2)C1. The molecule has 0 unspecified atom stereocenters. The van der Waals surface area contributed by atoms with E-state index in [-0.39, 0.29) is 17.2 Å². The van der Waals surface area contributed by atoms with Crippen molar-refractivity contribution in [1.82, 2.24) is 14.8 Å². The molecule has 7 heteroatoms. The Balaban J connectivity index is 1.33. The largest absolute Gasteiger partial charge is 0.382 e. The van der Waals surface area contributed by atoms with Gasteiger partial charge in [-0.1, -0.05) is 25.1 Å². The summed E-state index contributed by atoms with van der Waals surface area (Å²) in [5, 5.41) is 4.09. The average Bonchev–Trinajstić information content (AvgIpc) is 3.23. The number of oxime groups is 1. The predicted molar refractivity (Wildman–Crippen MR) is 109 cm³/mol. The van der Waals surface area contributed by atoms with Crippen LogP contribution < -0.4 is 0 Å². The third kappa shape index (κ3) is 4.28. The Labute approximate surface area is 172 Å². The highest BCUT2D eigenvalue weighted by atomic mass is 16.6. The standard InChI is InChI=1S/C22H30N4O3/c1-16(2)18-13-19(29-24-18)21(28)25-11-8-22(9-12-25)7-6-20(27)26(15-22)14-17-5-3-4-10-23-17/h3-5,10,16,19H,6-9,11-15H2,1-2H3/t19-/m0/s1. The quantitative estimate of drug-likeness (QED) is 0.781. The van der Waals surface area contributed by atoms with Crippen molar-refractivity contribution in [1.29, 1.82) is 0 Å². The van der Waals surface area contributed by atoms with Crippen LogP contribution in [0, 0.1) is 11.3 Å². The molecule has 2 fully saturated rings. The number of aromatic nitrogens is 1. The Bertz CT molecular complexity index is 785. The summed E-state index contributed by atoms with van der Waals surface area (Å²) in [6.07, 6.45) is 5.25. The van der Waals surface area contributed by atoms with Crippen LogP contribution in [0.5, 0.6) is 0 Å². The highest BCUT2D eigenvalue weighted by molar-refractivity contribution is 5.93. The van der Waals surface area contributed by atoms with E-state index in [0.717, 1.165) is 50.3 Å². The molecule has 156 valence electrons. The number of rotatable bonds is 4. The minimum Gasteiger partial charge on any atom is -0.382 e. The molecule has 2 saturated heterocycles. The molecule has 7 nitrogen and oxygen atoms in total. The van der Waals surface area contributed by atoms with Gasteiger partial charge in [0.25, 0.3) is 5.91 Å². The number of hydrogen-bond acceptors (Lipinski definition) is 5. The van der Waals surface area contributed by atoms with Crippen molar-refractivity contribution in [2.24, 2.45) is 16.5 Å². The van der Waals surface area contributed by atoms with Crippen LogP contribution >= 0.6 is 0 Å². The number of nitrogens with zero attached hydrogens (tertiary/aromatic N) is 4. The number of likely N-dealkylation sites (tertiary alicyclic amines) is 2. The third-order valence-corrected chi connectivity index (χ3v) is 6.60. The number of amides is 2. The van der Waals surface area contributed by atoms with Crippen LogP contribution in [0.15, 0.2) is 29.6 Å². The number of pyridine rings is 1. The molecule has 3 aliphatic heterocycles. The van der Waals surface area contributed by atoms with Crippen molar-refractivity contribution in [2.45, 2.75) is 58.6 Å². The number of hydrogen-bond donors (Lipinski definition) is 0. The third-order valence-electron chi connectivity index (χ3n) is 6.60. The van der Waals surface area contributed by atoms with E-state index < -0.39 is 6.10 Å². The zero-order valence-corrected chi connectivity index (χ0v) is 17.3. The van der Waals surface area contributed by atoms with E-state index in [9.17, 15) is 9.59 Å². The van der Waals surface area contributed by atoms with Crippen molar-refractivity contribution in [3.63, 3.8) is 0 Å². The summed E-state index contributed by atoms with van der Waals surface area (Å²) in [5.74, 6) is 0.566. The first-order valence-electron chi connectivity index (χ1n) is 10.6. The Morgan fingerprint density at radius 3 is 2.72 bits per heavy atom. The van der Waals surface area contributed by atoms with Gasteiger partial charge < -0.3 is 14.6 Å². The molecule has 3 aliphatic rings. The van der Waals surface area contributed by atoms with Crippen LogP contribution in [-0.2, 0) is 21.0 Å². The van der Waals surface area contributed by atoms with Crippen LogP contribution in [0.2, 0.25) is 0 Å². The van der Waals surface area contributed by atoms with Gasteiger partial charge in [0.2, 0.25) is 12.0 Å². The molecule has 1 aromatic rings.